The van der Waals surface area contributed by atoms with Crippen LogP contribution in [0.2, 0.25) is 0 Å². The van der Waals surface area contributed by atoms with E-state index in [1.165, 1.54) is 0 Å². The first-order valence-corrected chi connectivity index (χ1v) is 5.45. The van der Waals surface area contributed by atoms with E-state index in [4.69, 9.17) is 4.74 Å². The molecule has 0 aliphatic carbocycles. The molecule has 2 rings (SSSR count). The zero-order chi connectivity index (χ0) is 9.80. The molecule has 1 atom stereocenters. The van der Waals surface area contributed by atoms with Crippen molar-refractivity contribution in [2.75, 3.05) is 39.4 Å². The number of nitrogens with one attached hydrogen (secondary N) is 1. The highest BCUT2D eigenvalue weighted by molar-refractivity contribution is 5.79. The molecule has 0 bridgehead atoms. The van der Waals surface area contributed by atoms with Gasteiger partial charge in [-0.2, -0.15) is 0 Å². The maximum absolute atomic E-state index is 12.0. The van der Waals surface area contributed by atoms with Crippen molar-refractivity contribution in [1.82, 2.24) is 10.2 Å². The lowest BCUT2D eigenvalue weighted by Crippen LogP contribution is -2.49. The number of piperazine rings is 1. The molecular formula is C10H18N2O2. The van der Waals surface area contributed by atoms with E-state index in [0.29, 0.717) is 12.5 Å². The van der Waals surface area contributed by atoms with Crippen LogP contribution in [-0.2, 0) is 9.53 Å². The second-order valence-electron chi connectivity index (χ2n) is 3.99. The molecule has 2 fully saturated rings. The Morgan fingerprint density at radius 1 is 1.36 bits per heavy atom. The van der Waals surface area contributed by atoms with Crippen molar-refractivity contribution >= 4 is 5.91 Å². The van der Waals surface area contributed by atoms with E-state index < -0.39 is 0 Å². The van der Waals surface area contributed by atoms with Gasteiger partial charge in [0.2, 0.25) is 5.91 Å². The van der Waals surface area contributed by atoms with Crippen LogP contribution >= 0.6 is 0 Å². The number of hydrogen-bond acceptors (Lipinski definition) is 3. The quantitative estimate of drug-likeness (QED) is 0.637. The topological polar surface area (TPSA) is 41.6 Å². The van der Waals surface area contributed by atoms with E-state index in [9.17, 15) is 4.79 Å². The average molecular weight is 198 g/mol. The Kier molecular flexibility index (Phi) is 3.37. The van der Waals surface area contributed by atoms with Crippen LogP contribution in [0.3, 0.4) is 0 Å². The Bertz CT molecular complexity index is 176. The summed E-state index contributed by atoms with van der Waals surface area (Å²) in [4.78, 5) is 13.9. The van der Waals surface area contributed by atoms with E-state index in [0.717, 1.165) is 45.6 Å². The normalized spacial score (nSPS) is 28.9. The summed E-state index contributed by atoms with van der Waals surface area (Å²) in [5.74, 6) is 0.424. The number of nitrogens with zero attached hydrogens (tertiary/aromatic N) is 1. The maximum Gasteiger partial charge on any atom is 0.228 e. The van der Waals surface area contributed by atoms with Gasteiger partial charge in [-0.1, -0.05) is 0 Å². The molecule has 0 radical (unpaired) electrons. The fourth-order valence-corrected chi connectivity index (χ4v) is 2.08. The van der Waals surface area contributed by atoms with Crippen molar-refractivity contribution in [3.8, 4) is 0 Å². The first-order valence-electron chi connectivity index (χ1n) is 5.45. The molecule has 4 nitrogen and oxygen atoms in total. The monoisotopic (exact) mass is 198 g/mol. The van der Waals surface area contributed by atoms with E-state index in [2.05, 4.69) is 5.32 Å². The molecule has 1 amide bonds. The molecule has 2 heterocycles. The molecule has 14 heavy (non-hydrogen) atoms. The molecule has 4 heteroatoms. The third-order valence-corrected chi connectivity index (χ3v) is 2.94. The first-order chi connectivity index (χ1) is 6.88. The molecule has 2 aliphatic rings. The third-order valence-electron chi connectivity index (χ3n) is 2.94. The Labute approximate surface area is 84.6 Å². The summed E-state index contributed by atoms with van der Waals surface area (Å²) in [7, 11) is 0. The Hall–Kier alpha value is -0.610. The molecule has 0 aromatic carbocycles. The molecule has 80 valence electrons. The Balaban J connectivity index is 1.85. The molecule has 0 aromatic heterocycles. The van der Waals surface area contributed by atoms with E-state index in [1.807, 2.05) is 4.90 Å². The second kappa shape index (κ2) is 4.75. The predicted molar refractivity (Wildman–Crippen MR) is 53.0 cm³/mol. The summed E-state index contributed by atoms with van der Waals surface area (Å²) in [5, 5.41) is 3.25. The number of hydrogen-bond donors (Lipinski definition) is 1. The van der Waals surface area contributed by atoms with Crippen LogP contribution in [0.4, 0.5) is 0 Å². The van der Waals surface area contributed by atoms with Gasteiger partial charge >= 0.3 is 0 Å². The molecule has 1 N–H and O–H groups in total. The minimum absolute atomic E-state index is 0.127. The number of carbonyl (C=O) groups is 1. The van der Waals surface area contributed by atoms with Crippen LogP contribution < -0.4 is 5.32 Å². The summed E-state index contributed by atoms with van der Waals surface area (Å²) in [6, 6.07) is 0. The Morgan fingerprint density at radius 2 is 2.14 bits per heavy atom. The van der Waals surface area contributed by atoms with Gasteiger partial charge in [-0.25, -0.2) is 0 Å². The highest BCUT2D eigenvalue weighted by atomic mass is 16.5. The largest absolute Gasteiger partial charge is 0.381 e. The van der Waals surface area contributed by atoms with Gasteiger partial charge in [-0.05, 0) is 12.8 Å². The molecule has 0 saturated carbocycles. The highest BCUT2D eigenvalue weighted by Gasteiger charge is 2.26. The highest BCUT2D eigenvalue weighted by Crippen LogP contribution is 2.16. The van der Waals surface area contributed by atoms with Crippen LogP contribution in [0, 0.1) is 5.92 Å². The lowest BCUT2D eigenvalue weighted by molar-refractivity contribution is -0.140. The first kappa shape index (κ1) is 9.93. The summed E-state index contributed by atoms with van der Waals surface area (Å²) in [6.07, 6.45) is 2.03. The molecule has 0 aromatic rings. The summed E-state index contributed by atoms with van der Waals surface area (Å²) >= 11 is 0. The minimum Gasteiger partial charge on any atom is -0.381 e. The van der Waals surface area contributed by atoms with E-state index in [-0.39, 0.29) is 5.92 Å². The number of amides is 1. The lowest BCUT2D eigenvalue weighted by atomic mass is 10.0. The predicted octanol–water partition coefficient (Wildman–Crippen LogP) is -0.155. The SMILES string of the molecule is O=C(C1CCCOC1)N1CCNCC1. The molecule has 1 unspecified atom stereocenters. The van der Waals surface area contributed by atoms with Gasteiger partial charge in [-0.15, -0.1) is 0 Å². The summed E-state index contributed by atoms with van der Waals surface area (Å²) in [6.45, 7) is 5.03. The number of carbonyl (C=O) groups excluding carboxylic acids is 1. The second-order valence-corrected chi connectivity index (χ2v) is 3.99. The lowest BCUT2D eigenvalue weighted by Gasteiger charge is -2.32. The van der Waals surface area contributed by atoms with E-state index >= 15 is 0 Å². The van der Waals surface area contributed by atoms with Crippen LogP contribution in [-0.4, -0.2) is 50.2 Å². The van der Waals surface area contributed by atoms with Gasteiger partial charge in [0.05, 0.1) is 12.5 Å². The average Bonchev–Trinajstić information content (AvgIpc) is 2.30. The van der Waals surface area contributed by atoms with Gasteiger partial charge in [0.25, 0.3) is 0 Å². The van der Waals surface area contributed by atoms with Crippen LogP contribution in [0.25, 0.3) is 0 Å². The van der Waals surface area contributed by atoms with Crippen LogP contribution in [0.15, 0.2) is 0 Å². The van der Waals surface area contributed by atoms with Crippen molar-refractivity contribution in [2.45, 2.75) is 12.8 Å². The van der Waals surface area contributed by atoms with Crippen molar-refractivity contribution in [1.29, 1.82) is 0 Å². The summed E-state index contributed by atoms with van der Waals surface area (Å²) in [5.41, 5.74) is 0. The molecule has 0 spiro atoms. The van der Waals surface area contributed by atoms with Gasteiger partial charge in [0.15, 0.2) is 0 Å². The molecule has 2 saturated heterocycles. The van der Waals surface area contributed by atoms with Crippen molar-refractivity contribution in [3.05, 3.63) is 0 Å². The van der Waals surface area contributed by atoms with Crippen molar-refractivity contribution in [2.24, 2.45) is 5.92 Å². The zero-order valence-electron chi connectivity index (χ0n) is 8.50. The fraction of sp³-hybridized carbons (Fsp3) is 0.900. The van der Waals surface area contributed by atoms with E-state index in [1.54, 1.807) is 0 Å². The van der Waals surface area contributed by atoms with Gasteiger partial charge in [0.1, 0.15) is 0 Å². The van der Waals surface area contributed by atoms with Crippen LogP contribution in [0.5, 0.6) is 0 Å². The van der Waals surface area contributed by atoms with Crippen molar-refractivity contribution in [3.63, 3.8) is 0 Å². The molecular weight excluding hydrogens is 180 g/mol. The van der Waals surface area contributed by atoms with Gasteiger partial charge < -0.3 is 15.0 Å². The van der Waals surface area contributed by atoms with Gasteiger partial charge in [0, 0.05) is 32.8 Å². The maximum atomic E-state index is 12.0. The minimum atomic E-state index is 0.127. The third kappa shape index (κ3) is 2.25. The van der Waals surface area contributed by atoms with Crippen LogP contribution in [0.1, 0.15) is 12.8 Å². The van der Waals surface area contributed by atoms with Gasteiger partial charge in [-0.3, -0.25) is 4.79 Å². The Morgan fingerprint density at radius 3 is 2.79 bits per heavy atom. The standard InChI is InChI=1S/C10H18N2O2/c13-10(9-2-1-7-14-8-9)12-5-3-11-4-6-12/h9,11H,1-8H2. The number of rotatable bonds is 1. The smallest absolute Gasteiger partial charge is 0.228 e. The van der Waals surface area contributed by atoms with Crippen molar-refractivity contribution < 1.29 is 9.53 Å². The fourth-order valence-electron chi connectivity index (χ4n) is 2.08. The summed E-state index contributed by atoms with van der Waals surface area (Å²) < 4.78 is 5.33. The number of ether oxygens (including phenoxy) is 1. The zero-order valence-corrected chi connectivity index (χ0v) is 8.50. The molecule has 2 aliphatic heterocycles.